The number of aliphatic hydroxyl groups is 1. The Hall–Kier alpha value is -3.75. The highest BCUT2D eigenvalue weighted by Gasteiger charge is 2.61. The second-order valence-electron chi connectivity index (χ2n) is 7.98. The van der Waals surface area contributed by atoms with Crippen molar-refractivity contribution >= 4 is 23.7 Å². The molecule has 3 rings (SSSR count). The van der Waals surface area contributed by atoms with Gasteiger partial charge in [0.1, 0.15) is 11.7 Å². The first kappa shape index (κ1) is 24.9. The van der Waals surface area contributed by atoms with E-state index < -0.39 is 40.9 Å². The Kier molecular flexibility index (Phi) is 7.34. The topological polar surface area (TPSA) is 120 Å². The van der Waals surface area contributed by atoms with Gasteiger partial charge in [-0.1, -0.05) is 42.0 Å². The van der Waals surface area contributed by atoms with E-state index in [4.69, 9.17) is 9.47 Å². The van der Waals surface area contributed by atoms with Crippen LogP contribution in [0.15, 0.2) is 64.8 Å². The highest BCUT2D eigenvalue weighted by atomic mass is 32.2. The summed E-state index contributed by atoms with van der Waals surface area (Å²) in [4.78, 5) is 26.8. The van der Waals surface area contributed by atoms with Crippen molar-refractivity contribution in [2.75, 3.05) is 20.5 Å². The van der Waals surface area contributed by atoms with Crippen LogP contribution in [0, 0.1) is 40.9 Å². The van der Waals surface area contributed by atoms with Crippen LogP contribution in [0.1, 0.15) is 28.5 Å². The molecule has 0 aliphatic heterocycles. The largest absolute Gasteiger partial charge is 0.511 e. The van der Waals surface area contributed by atoms with Crippen LogP contribution < -0.4 is 0 Å². The molecule has 0 saturated carbocycles. The van der Waals surface area contributed by atoms with E-state index >= 15 is 0 Å². The molecule has 3 atom stereocenters. The van der Waals surface area contributed by atoms with Crippen molar-refractivity contribution in [3.8, 4) is 12.1 Å². The first-order chi connectivity index (χ1) is 16.3. The van der Waals surface area contributed by atoms with Crippen LogP contribution in [0.4, 0.5) is 0 Å². The number of rotatable bonds is 5. The van der Waals surface area contributed by atoms with Gasteiger partial charge in [0, 0.05) is 10.8 Å². The molecule has 0 bridgehead atoms. The molecule has 0 heterocycles. The molecule has 0 fully saturated rings. The average Bonchev–Trinajstić information content (AvgIpc) is 2.87. The number of nitrogens with zero attached hydrogens (tertiary/aromatic N) is 2. The maximum atomic E-state index is 12.9. The van der Waals surface area contributed by atoms with Gasteiger partial charge >= 0.3 is 11.9 Å². The summed E-state index contributed by atoms with van der Waals surface area (Å²) in [6, 6.07) is 18.3. The Morgan fingerprint density at radius 1 is 0.971 bits per heavy atom. The van der Waals surface area contributed by atoms with Crippen molar-refractivity contribution in [1.82, 2.24) is 0 Å². The number of ether oxygens (including phenoxy) is 2. The number of hydrogen-bond donors (Lipinski definition) is 1. The van der Waals surface area contributed by atoms with Gasteiger partial charge in [-0.15, -0.1) is 11.8 Å². The lowest BCUT2D eigenvalue weighted by molar-refractivity contribution is -0.147. The van der Waals surface area contributed by atoms with Gasteiger partial charge < -0.3 is 14.6 Å². The normalized spacial score (nSPS) is 21.2. The van der Waals surface area contributed by atoms with Crippen molar-refractivity contribution in [2.45, 2.75) is 23.7 Å². The Morgan fingerprint density at radius 2 is 1.53 bits per heavy atom. The number of esters is 2. The highest BCUT2D eigenvalue weighted by molar-refractivity contribution is 7.98. The third kappa shape index (κ3) is 4.02. The monoisotopic (exact) mass is 476 g/mol. The van der Waals surface area contributed by atoms with E-state index in [-0.39, 0.29) is 5.57 Å². The van der Waals surface area contributed by atoms with Crippen LogP contribution in [0.2, 0.25) is 0 Å². The van der Waals surface area contributed by atoms with E-state index in [0.717, 1.165) is 24.7 Å². The minimum absolute atomic E-state index is 0.304. The fraction of sp³-hybridized carbons (Fsp3) is 0.308. The molecule has 0 aromatic heterocycles. The van der Waals surface area contributed by atoms with E-state index in [9.17, 15) is 25.2 Å². The number of aliphatic hydroxyl groups excluding tert-OH is 1. The lowest BCUT2D eigenvalue weighted by atomic mass is 9.54. The van der Waals surface area contributed by atoms with Crippen molar-refractivity contribution in [1.29, 1.82) is 10.5 Å². The van der Waals surface area contributed by atoms with Crippen LogP contribution in [0.3, 0.4) is 0 Å². The number of aryl methyl sites for hydroxylation is 1. The van der Waals surface area contributed by atoms with E-state index in [2.05, 4.69) is 12.1 Å². The molecule has 0 saturated heterocycles. The summed E-state index contributed by atoms with van der Waals surface area (Å²) in [6.45, 7) is 1.88. The van der Waals surface area contributed by atoms with Crippen molar-refractivity contribution in [2.24, 2.45) is 11.3 Å². The summed E-state index contributed by atoms with van der Waals surface area (Å²) in [7, 11) is 2.28. The van der Waals surface area contributed by atoms with Gasteiger partial charge in [-0.2, -0.15) is 10.5 Å². The number of methoxy groups -OCH3 is 2. The van der Waals surface area contributed by atoms with Gasteiger partial charge in [0.05, 0.1) is 37.8 Å². The van der Waals surface area contributed by atoms with Crippen LogP contribution >= 0.6 is 11.8 Å². The fourth-order valence-corrected chi connectivity index (χ4v) is 5.01. The minimum atomic E-state index is -1.94. The van der Waals surface area contributed by atoms with Gasteiger partial charge in [0.15, 0.2) is 5.41 Å². The smallest absolute Gasteiger partial charge is 0.337 e. The second kappa shape index (κ2) is 10.0. The zero-order valence-corrected chi connectivity index (χ0v) is 20.1. The number of carbonyl (C=O) groups excluding carboxylic acids is 2. The van der Waals surface area contributed by atoms with E-state index in [0.29, 0.717) is 11.1 Å². The van der Waals surface area contributed by atoms with Crippen LogP contribution in [0.25, 0.3) is 0 Å². The predicted molar refractivity (Wildman–Crippen MR) is 126 cm³/mol. The molecule has 174 valence electrons. The highest BCUT2D eigenvalue weighted by Crippen LogP contribution is 2.59. The van der Waals surface area contributed by atoms with Crippen LogP contribution in [-0.2, 0) is 19.1 Å². The molecule has 0 radical (unpaired) electrons. The summed E-state index contributed by atoms with van der Waals surface area (Å²) in [5, 5.41) is 32.3. The Bertz CT molecular complexity index is 1190. The Labute approximate surface area is 202 Å². The number of carbonyl (C=O) groups is 2. The zero-order chi connectivity index (χ0) is 25.0. The SMILES string of the molecule is COC(=O)C1=C(O)C(C(=O)OC)C(c2ccc(C)cc2)C(C#N)(C#N)C1c1ccc(SC)cc1. The molecule has 1 aliphatic rings. The molecule has 2 aromatic carbocycles. The van der Waals surface area contributed by atoms with Crippen molar-refractivity contribution in [3.63, 3.8) is 0 Å². The quantitative estimate of drug-likeness (QED) is 0.498. The Balaban J connectivity index is 2.45. The van der Waals surface area contributed by atoms with E-state index in [1.54, 1.807) is 48.5 Å². The maximum Gasteiger partial charge on any atom is 0.337 e. The minimum Gasteiger partial charge on any atom is -0.511 e. The second-order valence-corrected chi connectivity index (χ2v) is 8.86. The van der Waals surface area contributed by atoms with Gasteiger partial charge in [0.2, 0.25) is 0 Å². The lowest BCUT2D eigenvalue weighted by Crippen LogP contribution is -2.47. The van der Waals surface area contributed by atoms with Gasteiger partial charge in [0.25, 0.3) is 0 Å². The summed E-state index contributed by atoms with van der Waals surface area (Å²) in [6.07, 6.45) is 1.91. The Morgan fingerprint density at radius 3 is 2.00 bits per heavy atom. The number of benzene rings is 2. The van der Waals surface area contributed by atoms with E-state index in [1.165, 1.54) is 11.8 Å². The maximum absolute atomic E-state index is 12.9. The molecule has 8 heteroatoms. The number of thioether (sulfide) groups is 1. The zero-order valence-electron chi connectivity index (χ0n) is 19.2. The first-order valence-electron chi connectivity index (χ1n) is 10.4. The lowest BCUT2D eigenvalue weighted by Gasteiger charge is -2.44. The number of nitriles is 2. The van der Waals surface area contributed by atoms with Gasteiger partial charge in [-0.25, -0.2) is 4.79 Å². The summed E-state index contributed by atoms with van der Waals surface area (Å²) < 4.78 is 9.87. The third-order valence-corrected chi connectivity index (χ3v) is 7.00. The molecule has 1 aliphatic carbocycles. The molecule has 7 nitrogen and oxygen atoms in total. The first-order valence-corrected chi connectivity index (χ1v) is 11.6. The molecule has 0 amide bonds. The van der Waals surface area contributed by atoms with Crippen molar-refractivity contribution < 1.29 is 24.2 Å². The summed E-state index contributed by atoms with van der Waals surface area (Å²) >= 11 is 1.51. The average molecular weight is 477 g/mol. The fourth-order valence-electron chi connectivity index (χ4n) is 4.60. The van der Waals surface area contributed by atoms with Crippen LogP contribution in [0.5, 0.6) is 0 Å². The van der Waals surface area contributed by atoms with Crippen molar-refractivity contribution in [3.05, 3.63) is 76.6 Å². The standard InChI is InChI=1S/C26H24N2O5S/c1-15-5-7-16(8-6-15)21-19(24(30)32-2)23(29)20(25(31)33-3)22(26(21,13-27)14-28)17-9-11-18(34-4)12-10-17/h5-12,19,21-22,29H,1-4H3. The molecule has 1 N–H and O–H groups in total. The molecular formula is C26H24N2O5S. The summed E-state index contributed by atoms with van der Waals surface area (Å²) in [5.74, 6) is -6.11. The molecule has 3 unspecified atom stereocenters. The third-order valence-electron chi connectivity index (χ3n) is 6.25. The van der Waals surface area contributed by atoms with E-state index in [1.807, 2.05) is 13.2 Å². The summed E-state index contributed by atoms with van der Waals surface area (Å²) in [5.41, 5.74) is -0.349. The number of hydrogen-bond acceptors (Lipinski definition) is 8. The van der Waals surface area contributed by atoms with Gasteiger partial charge in [-0.3, -0.25) is 4.79 Å². The van der Waals surface area contributed by atoms with Crippen LogP contribution in [-0.4, -0.2) is 37.5 Å². The van der Waals surface area contributed by atoms with Gasteiger partial charge in [-0.05, 0) is 36.4 Å². The molecule has 2 aromatic rings. The molecule has 0 spiro atoms. The molecule has 34 heavy (non-hydrogen) atoms. The predicted octanol–water partition coefficient (Wildman–Crippen LogP) is 4.41. The molecular weight excluding hydrogens is 452 g/mol.